The molecule has 0 amide bonds. The first kappa shape index (κ1) is 17.4. The standard InChI is InChI=1S/C16H30OSi/c1-8-10-12-15(13-11-9-2)14-17-18(6,7)16(3,4)5/h8-10,12,15H,1-2,11,13-14H2,3-7H3/b12-10+. The van der Waals surface area contributed by atoms with Crippen molar-refractivity contribution in [1.29, 1.82) is 0 Å². The Labute approximate surface area is 115 Å². The first-order valence-electron chi connectivity index (χ1n) is 6.78. The minimum absolute atomic E-state index is 0.276. The number of rotatable bonds is 8. The van der Waals surface area contributed by atoms with Gasteiger partial charge in [0, 0.05) is 6.61 Å². The summed E-state index contributed by atoms with van der Waals surface area (Å²) in [6.07, 6.45) is 10.1. The molecule has 2 heteroatoms. The second kappa shape index (κ2) is 7.75. The molecule has 0 spiro atoms. The van der Waals surface area contributed by atoms with Gasteiger partial charge in [-0.3, -0.25) is 0 Å². The lowest BCUT2D eigenvalue weighted by Gasteiger charge is -2.37. The first-order valence-corrected chi connectivity index (χ1v) is 9.69. The predicted molar refractivity (Wildman–Crippen MR) is 85.4 cm³/mol. The Balaban J connectivity index is 4.45. The summed E-state index contributed by atoms with van der Waals surface area (Å²) in [6, 6.07) is 0. The van der Waals surface area contributed by atoms with Gasteiger partial charge in [0.15, 0.2) is 8.32 Å². The fraction of sp³-hybridized carbons (Fsp3) is 0.625. The first-order chi connectivity index (χ1) is 8.24. The Morgan fingerprint density at radius 2 is 1.83 bits per heavy atom. The van der Waals surface area contributed by atoms with E-state index in [9.17, 15) is 0 Å². The topological polar surface area (TPSA) is 9.23 Å². The summed E-state index contributed by atoms with van der Waals surface area (Å²) in [5, 5.41) is 0.276. The molecular weight excluding hydrogens is 236 g/mol. The monoisotopic (exact) mass is 266 g/mol. The third-order valence-corrected chi connectivity index (χ3v) is 8.23. The molecule has 0 aliphatic carbocycles. The molecule has 0 aromatic heterocycles. The van der Waals surface area contributed by atoms with Gasteiger partial charge in [0.05, 0.1) is 0 Å². The van der Waals surface area contributed by atoms with Crippen molar-refractivity contribution in [2.24, 2.45) is 5.92 Å². The van der Waals surface area contributed by atoms with E-state index >= 15 is 0 Å². The zero-order valence-electron chi connectivity index (χ0n) is 12.8. The number of allylic oxidation sites excluding steroid dienone is 3. The minimum Gasteiger partial charge on any atom is -0.416 e. The van der Waals surface area contributed by atoms with Gasteiger partial charge in [-0.25, -0.2) is 0 Å². The zero-order valence-corrected chi connectivity index (χ0v) is 13.8. The van der Waals surface area contributed by atoms with Gasteiger partial charge in [-0.05, 0) is 36.9 Å². The molecule has 1 nitrogen and oxygen atoms in total. The zero-order chi connectivity index (χ0) is 14.2. The van der Waals surface area contributed by atoms with Gasteiger partial charge in [-0.2, -0.15) is 0 Å². The molecule has 0 fully saturated rings. The van der Waals surface area contributed by atoms with Crippen molar-refractivity contribution in [2.45, 2.75) is 51.7 Å². The molecule has 0 saturated carbocycles. The second-order valence-electron chi connectivity index (χ2n) is 6.32. The molecular formula is C16H30OSi. The molecule has 0 aliphatic rings. The number of hydrogen-bond acceptors (Lipinski definition) is 1. The molecule has 18 heavy (non-hydrogen) atoms. The summed E-state index contributed by atoms with van der Waals surface area (Å²) in [4.78, 5) is 0. The van der Waals surface area contributed by atoms with Crippen molar-refractivity contribution in [1.82, 2.24) is 0 Å². The van der Waals surface area contributed by atoms with Crippen LogP contribution in [0.5, 0.6) is 0 Å². The van der Waals surface area contributed by atoms with Gasteiger partial charge in [-0.15, -0.1) is 6.58 Å². The molecule has 0 heterocycles. The van der Waals surface area contributed by atoms with Crippen LogP contribution in [0.4, 0.5) is 0 Å². The quantitative estimate of drug-likeness (QED) is 0.328. The molecule has 0 aromatic carbocycles. The van der Waals surface area contributed by atoms with Crippen LogP contribution >= 0.6 is 0 Å². The van der Waals surface area contributed by atoms with Crippen LogP contribution in [0.15, 0.2) is 37.5 Å². The molecule has 0 rings (SSSR count). The minimum atomic E-state index is -1.63. The maximum atomic E-state index is 6.27. The van der Waals surface area contributed by atoms with Crippen LogP contribution < -0.4 is 0 Å². The van der Waals surface area contributed by atoms with Crippen LogP contribution in [-0.2, 0) is 4.43 Å². The van der Waals surface area contributed by atoms with Crippen molar-refractivity contribution < 1.29 is 4.43 Å². The summed E-state index contributed by atoms with van der Waals surface area (Å²) in [5.74, 6) is 0.468. The molecule has 104 valence electrons. The highest BCUT2D eigenvalue weighted by Gasteiger charge is 2.37. The van der Waals surface area contributed by atoms with Crippen molar-refractivity contribution in [2.75, 3.05) is 6.61 Å². The van der Waals surface area contributed by atoms with Gasteiger partial charge in [0.25, 0.3) is 0 Å². The smallest absolute Gasteiger partial charge is 0.192 e. The third-order valence-electron chi connectivity index (χ3n) is 3.73. The molecule has 1 atom stereocenters. The molecule has 1 unspecified atom stereocenters. The van der Waals surface area contributed by atoms with Crippen LogP contribution in [0.3, 0.4) is 0 Å². The normalized spacial score (nSPS) is 14.7. The highest BCUT2D eigenvalue weighted by atomic mass is 28.4. The lowest BCUT2D eigenvalue weighted by molar-refractivity contribution is 0.246. The summed E-state index contributed by atoms with van der Waals surface area (Å²) in [7, 11) is -1.63. The molecule has 0 N–H and O–H groups in total. The van der Waals surface area contributed by atoms with E-state index in [1.54, 1.807) is 0 Å². The van der Waals surface area contributed by atoms with Crippen LogP contribution in [0.25, 0.3) is 0 Å². The van der Waals surface area contributed by atoms with Gasteiger partial charge in [0.2, 0.25) is 0 Å². The predicted octanol–water partition coefficient (Wildman–Crippen LogP) is 5.33. The van der Waals surface area contributed by atoms with Crippen LogP contribution in [-0.4, -0.2) is 14.9 Å². The number of hydrogen-bond donors (Lipinski definition) is 0. The highest BCUT2D eigenvalue weighted by molar-refractivity contribution is 6.74. The SMILES string of the molecule is C=C/C=C/C(CCC=C)CO[Si](C)(C)C(C)(C)C. The summed E-state index contributed by atoms with van der Waals surface area (Å²) in [6.45, 7) is 19.7. The van der Waals surface area contributed by atoms with E-state index in [-0.39, 0.29) is 5.04 Å². The van der Waals surface area contributed by atoms with Crippen LogP contribution in [0.1, 0.15) is 33.6 Å². The lowest BCUT2D eigenvalue weighted by Crippen LogP contribution is -2.41. The van der Waals surface area contributed by atoms with Crippen molar-refractivity contribution in [3.8, 4) is 0 Å². The second-order valence-corrected chi connectivity index (χ2v) is 11.1. The summed E-state index contributed by atoms with van der Waals surface area (Å²) >= 11 is 0. The molecule has 0 bridgehead atoms. The average molecular weight is 267 g/mol. The maximum Gasteiger partial charge on any atom is 0.192 e. The third kappa shape index (κ3) is 6.36. The van der Waals surface area contributed by atoms with Crippen LogP contribution in [0, 0.1) is 5.92 Å². The molecule has 0 aromatic rings. The van der Waals surface area contributed by atoms with Crippen molar-refractivity contribution in [3.63, 3.8) is 0 Å². The Morgan fingerprint density at radius 3 is 2.28 bits per heavy atom. The Bertz CT molecular complexity index is 284. The van der Waals surface area contributed by atoms with Gasteiger partial charge in [0.1, 0.15) is 0 Å². The fourth-order valence-corrected chi connectivity index (χ4v) is 2.40. The van der Waals surface area contributed by atoms with E-state index in [0.29, 0.717) is 5.92 Å². The van der Waals surface area contributed by atoms with E-state index < -0.39 is 8.32 Å². The van der Waals surface area contributed by atoms with E-state index in [0.717, 1.165) is 19.4 Å². The average Bonchev–Trinajstić information content (AvgIpc) is 2.26. The van der Waals surface area contributed by atoms with Crippen molar-refractivity contribution in [3.05, 3.63) is 37.5 Å². The summed E-state index contributed by atoms with van der Waals surface area (Å²) < 4.78 is 6.27. The Morgan fingerprint density at radius 1 is 1.22 bits per heavy atom. The molecule has 0 aliphatic heterocycles. The highest BCUT2D eigenvalue weighted by Crippen LogP contribution is 2.37. The van der Waals surface area contributed by atoms with E-state index in [1.807, 2.05) is 18.2 Å². The van der Waals surface area contributed by atoms with Gasteiger partial charge >= 0.3 is 0 Å². The van der Waals surface area contributed by atoms with E-state index in [1.165, 1.54) is 0 Å². The van der Waals surface area contributed by atoms with Crippen LogP contribution in [0.2, 0.25) is 18.1 Å². The fourth-order valence-electron chi connectivity index (χ4n) is 1.33. The largest absolute Gasteiger partial charge is 0.416 e. The van der Waals surface area contributed by atoms with E-state index in [2.05, 4.69) is 53.1 Å². The molecule has 0 saturated heterocycles. The van der Waals surface area contributed by atoms with Crippen molar-refractivity contribution >= 4 is 8.32 Å². The summed E-state index contributed by atoms with van der Waals surface area (Å²) in [5.41, 5.74) is 0. The van der Waals surface area contributed by atoms with Gasteiger partial charge < -0.3 is 4.43 Å². The Hall–Kier alpha value is -0.603. The Kier molecular flexibility index (Phi) is 7.49. The lowest BCUT2D eigenvalue weighted by atomic mass is 10.0. The maximum absolute atomic E-state index is 6.27. The van der Waals surface area contributed by atoms with Gasteiger partial charge in [-0.1, -0.05) is 51.7 Å². The molecule has 0 radical (unpaired) electrons. The van der Waals surface area contributed by atoms with E-state index in [4.69, 9.17) is 4.43 Å².